The van der Waals surface area contributed by atoms with Crippen LogP contribution in [0, 0.1) is 0 Å². The first kappa shape index (κ1) is 16.8. The van der Waals surface area contributed by atoms with Gasteiger partial charge >= 0.3 is 0 Å². The maximum absolute atomic E-state index is 12.0. The van der Waals surface area contributed by atoms with Crippen LogP contribution in [0.3, 0.4) is 0 Å². The Morgan fingerprint density at radius 2 is 1.57 bits per heavy atom. The lowest BCUT2D eigenvalue weighted by atomic mass is 10.1. The number of hydrogen-bond donors (Lipinski definition) is 1. The molecule has 5 nitrogen and oxygen atoms in total. The van der Waals surface area contributed by atoms with E-state index in [-0.39, 0.29) is 5.91 Å². The number of ether oxygens (including phenoxy) is 3. The van der Waals surface area contributed by atoms with Crippen molar-refractivity contribution in [2.24, 2.45) is 0 Å². The number of anilines is 1. The molecule has 2 aromatic rings. The quantitative estimate of drug-likeness (QED) is 0.879. The van der Waals surface area contributed by atoms with Crippen LogP contribution in [0.15, 0.2) is 48.5 Å². The summed E-state index contributed by atoms with van der Waals surface area (Å²) in [7, 11) is 3.10. The summed E-state index contributed by atoms with van der Waals surface area (Å²) in [6, 6.07) is 14.5. The Labute approximate surface area is 136 Å². The average molecular weight is 315 g/mol. The Morgan fingerprint density at radius 1 is 0.957 bits per heavy atom. The molecule has 0 atom stereocenters. The van der Waals surface area contributed by atoms with Crippen molar-refractivity contribution in [3.05, 3.63) is 48.5 Å². The zero-order chi connectivity index (χ0) is 16.9. The molecule has 0 unspecified atom stereocenters. The second-order valence-corrected chi connectivity index (χ2v) is 5.45. The lowest BCUT2D eigenvalue weighted by molar-refractivity contribution is -0.133. The van der Waals surface area contributed by atoms with Gasteiger partial charge in [0.1, 0.15) is 11.4 Å². The van der Waals surface area contributed by atoms with Gasteiger partial charge in [0.2, 0.25) is 0 Å². The predicted molar refractivity (Wildman–Crippen MR) is 89.2 cm³/mol. The second kappa shape index (κ2) is 7.15. The van der Waals surface area contributed by atoms with E-state index in [1.54, 1.807) is 45.2 Å². The summed E-state index contributed by atoms with van der Waals surface area (Å²) in [5.74, 6) is 1.73. The lowest BCUT2D eigenvalue weighted by Crippen LogP contribution is -2.38. The SMILES string of the molecule is COc1ccccc1Oc1ccc(NC(=O)C(C)(C)OC)cc1. The number of para-hydroxylation sites is 2. The summed E-state index contributed by atoms with van der Waals surface area (Å²) < 4.78 is 16.2. The molecule has 5 heteroatoms. The topological polar surface area (TPSA) is 56.8 Å². The van der Waals surface area contributed by atoms with E-state index in [0.717, 1.165) is 0 Å². The van der Waals surface area contributed by atoms with Crippen molar-refractivity contribution in [3.63, 3.8) is 0 Å². The van der Waals surface area contributed by atoms with E-state index in [9.17, 15) is 4.79 Å². The van der Waals surface area contributed by atoms with Gasteiger partial charge in [-0.25, -0.2) is 0 Å². The van der Waals surface area contributed by atoms with Gasteiger partial charge in [-0.2, -0.15) is 0 Å². The maximum Gasteiger partial charge on any atom is 0.256 e. The highest BCUT2D eigenvalue weighted by Gasteiger charge is 2.26. The third-order valence-corrected chi connectivity index (χ3v) is 3.47. The summed E-state index contributed by atoms with van der Waals surface area (Å²) >= 11 is 0. The van der Waals surface area contributed by atoms with Gasteiger partial charge < -0.3 is 19.5 Å². The van der Waals surface area contributed by atoms with Crippen molar-refractivity contribution in [2.75, 3.05) is 19.5 Å². The van der Waals surface area contributed by atoms with E-state index in [1.807, 2.05) is 24.3 Å². The fourth-order valence-electron chi connectivity index (χ4n) is 1.81. The Balaban J connectivity index is 2.07. The summed E-state index contributed by atoms with van der Waals surface area (Å²) in [6.45, 7) is 3.42. The van der Waals surface area contributed by atoms with Crippen LogP contribution in [0.2, 0.25) is 0 Å². The van der Waals surface area contributed by atoms with Gasteiger partial charge in [0, 0.05) is 12.8 Å². The van der Waals surface area contributed by atoms with Crippen LogP contribution >= 0.6 is 0 Å². The van der Waals surface area contributed by atoms with Crippen molar-refractivity contribution in [1.29, 1.82) is 0 Å². The number of amides is 1. The first-order valence-corrected chi connectivity index (χ1v) is 7.24. The molecule has 1 N–H and O–H groups in total. The number of benzene rings is 2. The van der Waals surface area contributed by atoms with Gasteiger partial charge in [0.15, 0.2) is 11.5 Å². The predicted octanol–water partition coefficient (Wildman–Crippen LogP) is 3.85. The van der Waals surface area contributed by atoms with Crippen molar-refractivity contribution in [1.82, 2.24) is 0 Å². The van der Waals surface area contributed by atoms with Gasteiger partial charge in [0.05, 0.1) is 7.11 Å². The minimum Gasteiger partial charge on any atom is -0.493 e. The molecule has 0 fully saturated rings. The van der Waals surface area contributed by atoms with E-state index >= 15 is 0 Å². The normalized spacial score (nSPS) is 11.0. The van der Waals surface area contributed by atoms with E-state index in [4.69, 9.17) is 14.2 Å². The molecule has 0 saturated heterocycles. The van der Waals surface area contributed by atoms with Crippen molar-refractivity contribution >= 4 is 11.6 Å². The van der Waals surface area contributed by atoms with Gasteiger partial charge in [-0.1, -0.05) is 12.1 Å². The molecule has 23 heavy (non-hydrogen) atoms. The molecule has 122 valence electrons. The minimum atomic E-state index is -0.882. The highest BCUT2D eigenvalue weighted by Crippen LogP contribution is 2.31. The Kier molecular flexibility index (Phi) is 5.24. The smallest absolute Gasteiger partial charge is 0.256 e. The zero-order valence-corrected chi connectivity index (χ0v) is 13.8. The second-order valence-electron chi connectivity index (χ2n) is 5.45. The fraction of sp³-hybridized carbons (Fsp3) is 0.278. The highest BCUT2D eigenvalue weighted by atomic mass is 16.5. The molecule has 0 saturated carbocycles. The van der Waals surface area contributed by atoms with Crippen molar-refractivity contribution < 1.29 is 19.0 Å². The molecular weight excluding hydrogens is 294 g/mol. The standard InChI is InChI=1S/C18H21NO4/c1-18(2,22-4)17(20)19-13-9-11-14(12-10-13)23-16-8-6-5-7-15(16)21-3/h5-12H,1-4H3,(H,19,20). The van der Waals surface area contributed by atoms with E-state index in [2.05, 4.69) is 5.32 Å². The van der Waals surface area contributed by atoms with Crippen LogP contribution < -0.4 is 14.8 Å². The molecule has 1 amide bonds. The number of carbonyl (C=O) groups excluding carboxylic acids is 1. The van der Waals surface area contributed by atoms with Gasteiger partial charge in [-0.15, -0.1) is 0 Å². The average Bonchev–Trinajstić information content (AvgIpc) is 2.57. The minimum absolute atomic E-state index is 0.210. The monoisotopic (exact) mass is 315 g/mol. The lowest BCUT2D eigenvalue weighted by Gasteiger charge is -2.21. The summed E-state index contributed by atoms with van der Waals surface area (Å²) in [5, 5.41) is 2.80. The molecule has 0 bridgehead atoms. The van der Waals surface area contributed by atoms with E-state index < -0.39 is 5.60 Å². The third-order valence-electron chi connectivity index (χ3n) is 3.47. The van der Waals surface area contributed by atoms with Gasteiger partial charge in [-0.3, -0.25) is 4.79 Å². The zero-order valence-electron chi connectivity index (χ0n) is 13.8. The van der Waals surface area contributed by atoms with Crippen molar-refractivity contribution in [2.45, 2.75) is 19.4 Å². The fourth-order valence-corrected chi connectivity index (χ4v) is 1.81. The van der Waals surface area contributed by atoms with Crippen LogP contribution in [0.4, 0.5) is 5.69 Å². The van der Waals surface area contributed by atoms with Crippen LogP contribution in [0.1, 0.15) is 13.8 Å². The Bertz CT molecular complexity index is 665. The van der Waals surface area contributed by atoms with Crippen LogP contribution in [-0.2, 0) is 9.53 Å². The van der Waals surface area contributed by atoms with Crippen LogP contribution in [0.25, 0.3) is 0 Å². The molecule has 0 aromatic heterocycles. The third kappa shape index (κ3) is 4.23. The number of rotatable bonds is 6. The molecule has 0 radical (unpaired) electrons. The molecule has 0 aliphatic rings. The summed E-state index contributed by atoms with van der Waals surface area (Å²) in [6.07, 6.45) is 0. The number of methoxy groups -OCH3 is 2. The molecule has 0 aliphatic heterocycles. The maximum atomic E-state index is 12.0. The van der Waals surface area contributed by atoms with Crippen LogP contribution in [0.5, 0.6) is 17.2 Å². The molecule has 0 heterocycles. The van der Waals surface area contributed by atoms with Crippen LogP contribution in [-0.4, -0.2) is 25.7 Å². The number of hydrogen-bond acceptors (Lipinski definition) is 4. The number of nitrogens with one attached hydrogen (secondary N) is 1. The molecular formula is C18H21NO4. The molecule has 2 rings (SSSR count). The summed E-state index contributed by atoms with van der Waals surface area (Å²) in [4.78, 5) is 12.0. The van der Waals surface area contributed by atoms with E-state index in [0.29, 0.717) is 22.9 Å². The molecule has 0 spiro atoms. The summed E-state index contributed by atoms with van der Waals surface area (Å²) in [5.41, 5.74) is -0.209. The van der Waals surface area contributed by atoms with E-state index in [1.165, 1.54) is 7.11 Å². The van der Waals surface area contributed by atoms with Gasteiger partial charge in [0.25, 0.3) is 5.91 Å². The van der Waals surface area contributed by atoms with Crippen molar-refractivity contribution in [3.8, 4) is 17.2 Å². The Morgan fingerprint density at radius 3 is 2.13 bits per heavy atom. The highest BCUT2D eigenvalue weighted by molar-refractivity contribution is 5.96. The molecule has 2 aromatic carbocycles. The first-order chi connectivity index (χ1) is 11.0. The molecule has 0 aliphatic carbocycles. The largest absolute Gasteiger partial charge is 0.493 e. The van der Waals surface area contributed by atoms with Gasteiger partial charge in [-0.05, 0) is 50.2 Å². The first-order valence-electron chi connectivity index (χ1n) is 7.24. The number of carbonyl (C=O) groups is 1. The Hall–Kier alpha value is -2.53.